The molecule has 0 radical (unpaired) electrons. The topological polar surface area (TPSA) is 38.9 Å². The summed E-state index contributed by atoms with van der Waals surface area (Å²) in [6.07, 6.45) is 0. The molecule has 0 amide bonds. The SMILES string of the molecule is [2H]C([2H])([2H])c1cc(N)nc(Br)c1. The predicted octanol–water partition coefficient (Wildman–Crippen LogP) is 1.73. The Balaban J connectivity index is 3.18. The number of nitrogens with zero attached hydrogens (tertiary/aromatic N) is 1. The van der Waals surface area contributed by atoms with Gasteiger partial charge in [-0.15, -0.1) is 0 Å². The summed E-state index contributed by atoms with van der Waals surface area (Å²) in [5.74, 6) is 0.204. The average Bonchev–Trinajstić information content (AvgIpc) is 1.82. The van der Waals surface area contributed by atoms with Crippen LogP contribution in [0.15, 0.2) is 16.7 Å². The Labute approximate surface area is 66.4 Å². The minimum Gasteiger partial charge on any atom is -0.384 e. The van der Waals surface area contributed by atoms with Gasteiger partial charge < -0.3 is 5.73 Å². The third-order valence-electron chi connectivity index (χ3n) is 0.814. The molecule has 1 aromatic heterocycles. The van der Waals surface area contributed by atoms with Gasteiger partial charge in [-0.1, -0.05) is 0 Å². The van der Waals surface area contributed by atoms with Crippen molar-refractivity contribution in [2.75, 3.05) is 5.73 Å². The van der Waals surface area contributed by atoms with E-state index in [0.29, 0.717) is 4.60 Å². The van der Waals surface area contributed by atoms with E-state index in [9.17, 15) is 0 Å². The number of halogens is 1. The zero-order chi connectivity index (χ0) is 9.35. The van der Waals surface area contributed by atoms with Crippen molar-refractivity contribution in [3.63, 3.8) is 0 Å². The van der Waals surface area contributed by atoms with Gasteiger partial charge >= 0.3 is 0 Å². The number of anilines is 1. The van der Waals surface area contributed by atoms with Gasteiger partial charge in [0.2, 0.25) is 0 Å². The first-order valence-electron chi connectivity index (χ1n) is 3.83. The monoisotopic (exact) mass is 189 g/mol. The fraction of sp³-hybridized carbons (Fsp3) is 0.167. The Morgan fingerprint density at radius 2 is 2.56 bits per heavy atom. The van der Waals surface area contributed by atoms with Crippen LogP contribution in [-0.4, -0.2) is 4.98 Å². The molecule has 0 bridgehead atoms. The summed E-state index contributed by atoms with van der Waals surface area (Å²) in [6.45, 7) is -2.13. The molecule has 1 heterocycles. The van der Waals surface area contributed by atoms with E-state index in [4.69, 9.17) is 9.85 Å². The quantitative estimate of drug-likeness (QED) is 0.632. The number of aromatic nitrogens is 1. The molecule has 2 N–H and O–H groups in total. The molecule has 48 valence electrons. The summed E-state index contributed by atoms with van der Waals surface area (Å²) in [5.41, 5.74) is 5.56. The summed E-state index contributed by atoms with van der Waals surface area (Å²) in [5, 5.41) is 0. The lowest BCUT2D eigenvalue weighted by molar-refractivity contribution is 1.25. The average molecular weight is 190 g/mol. The molecule has 9 heavy (non-hydrogen) atoms. The summed E-state index contributed by atoms with van der Waals surface area (Å²) >= 11 is 3.06. The molecule has 2 nitrogen and oxygen atoms in total. The second-order valence-electron chi connectivity index (χ2n) is 1.60. The molecule has 0 spiro atoms. The Hall–Kier alpha value is -0.570. The normalized spacial score (nSPS) is 15.9. The molecule has 0 aliphatic heterocycles. The van der Waals surface area contributed by atoms with Gasteiger partial charge in [-0.25, -0.2) is 4.98 Å². The Morgan fingerprint density at radius 3 is 3.11 bits per heavy atom. The van der Waals surface area contributed by atoms with Gasteiger partial charge in [0.25, 0.3) is 0 Å². The number of rotatable bonds is 0. The first-order valence-corrected chi connectivity index (χ1v) is 3.12. The maximum atomic E-state index is 7.10. The van der Waals surface area contributed by atoms with E-state index in [1.54, 1.807) is 0 Å². The molecule has 0 unspecified atom stereocenters. The van der Waals surface area contributed by atoms with Crippen LogP contribution in [0.1, 0.15) is 9.68 Å². The van der Waals surface area contributed by atoms with Crippen molar-refractivity contribution in [1.29, 1.82) is 0 Å². The molecule has 0 atom stereocenters. The van der Waals surface area contributed by atoms with Crippen molar-refractivity contribution in [1.82, 2.24) is 4.98 Å². The number of pyridine rings is 1. The fourth-order valence-electron chi connectivity index (χ4n) is 0.517. The van der Waals surface area contributed by atoms with E-state index < -0.39 is 6.85 Å². The summed E-state index contributed by atoms with van der Waals surface area (Å²) in [7, 11) is 0. The van der Waals surface area contributed by atoms with Crippen LogP contribution in [0, 0.1) is 6.85 Å². The molecule has 0 aliphatic carbocycles. The second-order valence-corrected chi connectivity index (χ2v) is 2.42. The van der Waals surface area contributed by atoms with Crippen LogP contribution in [0.4, 0.5) is 5.82 Å². The number of nitrogen functional groups attached to an aromatic ring is 1. The summed E-state index contributed by atoms with van der Waals surface area (Å²) in [6, 6.07) is 2.78. The van der Waals surface area contributed by atoms with Gasteiger partial charge in [-0.2, -0.15) is 0 Å². The van der Waals surface area contributed by atoms with Crippen LogP contribution in [0.25, 0.3) is 0 Å². The number of nitrogens with two attached hydrogens (primary N) is 1. The minimum atomic E-state index is -2.13. The molecule has 0 aromatic carbocycles. The van der Waals surface area contributed by atoms with Crippen LogP contribution in [0.5, 0.6) is 0 Å². The molecular formula is C6H7BrN2. The van der Waals surface area contributed by atoms with Gasteiger partial charge in [0.1, 0.15) is 10.4 Å². The van der Waals surface area contributed by atoms with Crippen LogP contribution >= 0.6 is 15.9 Å². The van der Waals surface area contributed by atoms with Crippen molar-refractivity contribution in [2.45, 2.75) is 6.85 Å². The van der Waals surface area contributed by atoms with Crippen molar-refractivity contribution >= 4 is 21.7 Å². The van der Waals surface area contributed by atoms with E-state index >= 15 is 0 Å². The smallest absolute Gasteiger partial charge is 0.124 e. The van der Waals surface area contributed by atoms with E-state index in [-0.39, 0.29) is 11.4 Å². The van der Waals surface area contributed by atoms with Gasteiger partial charge in [-0.3, -0.25) is 0 Å². The molecule has 1 rings (SSSR count). The third kappa shape index (κ3) is 1.68. The highest BCUT2D eigenvalue weighted by atomic mass is 79.9. The molecule has 0 saturated carbocycles. The largest absolute Gasteiger partial charge is 0.384 e. The van der Waals surface area contributed by atoms with Gasteiger partial charge in [0, 0.05) is 4.11 Å². The zero-order valence-electron chi connectivity index (χ0n) is 7.56. The first kappa shape index (κ1) is 3.56. The van der Waals surface area contributed by atoms with Crippen LogP contribution in [0.2, 0.25) is 0 Å². The fourth-order valence-corrected chi connectivity index (χ4v) is 0.969. The lowest BCUT2D eigenvalue weighted by Crippen LogP contribution is -1.90. The minimum absolute atomic E-state index is 0.196. The number of aryl methyl sites for hydroxylation is 1. The van der Waals surface area contributed by atoms with E-state index in [2.05, 4.69) is 20.9 Å². The zero-order valence-corrected chi connectivity index (χ0v) is 6.14. The van der Waals surface area contributed by atoms with Crippen LogP contribution < -0.4 is 5.73 Å². The van der Waals surface area contributed by atoms with Crippen molar-refractivity contribution in [2.24, 2.45) is 0 Å². The summed E-state index contributed by atoms with van der Waals surface area (Å²) < 4.78 is 21.7. The van der Waals surface area contributed by atoms with Crippen molar-refractivity contribution in [3.8, 4) is 0 Å². The Morgan fingerprint density at radius 1 is 1.78 bits per heavy atom. The highest BCUT2D eigenvalue weighted by molar-refractivity contribution is 9.10. The highest BCUT2D eigenvalue weighted by Gasteiger charge is 1.90. The first-order chi connectivity index (χ1) is 5.39. The van der Waals surface area contributed by atoms with E-state index in [1.807, 2.05) is 0 Å². The second kappa shape index (κ2) is 2.35. The maximum Gasteiger partial charge on any atom is 0.124 e. The van der Waals surface area contributed by atoms with E-state index in [1.165, 1.54) is 12.1 Å². The van der Waals surface area contributed by atoms with Gasteiger partial charge in [0.15, 0.2) is 0 Å². The van der Waals surface area contributed by atoms with E-state index in [0.717, 1.165) is 0 Å². The standard InChI is InChI=1S/C6H7BrN2/c1-4-2-5(7)9-6(8)3-4/h2-3H,1H3,(H2,8,9)/i1D3. The summed E-state index contributed by atoms with van der Waals surface area (Å²) in [4.78, 5) is 3.79. The van der Waals surface area contributed by atoms with Gasteiger partial charge in [0.05, 0.1) is 0 Å². The highest BCUT2D eigenvalue weighted by Crippen LogP contribution is 2.10. The van der Waals surface area contributed by atoms with Crippen molar-refractivity contribution in [3.05, 3.63) is 22.3 Å². The molecule has 1 aromatic rings. The lowest BCUT2D eigenvalue weighted by Gasteiger charge is -1.94. The lowest BCUT2D eigenvalue weighted by atomic mass is 10.3. The predicted molar refractivity (Wildman–Crippen MR) is 41.1 cm³/mol. The molecule has 0 saturated heterocycles. The molecular weight excluding hydrogens is 180 g/mol. The Bertz CT molecular complexity index is 277. The van der Waals surface area contributed by atoms with Crippen LogP contribution in [0.3, 0.4) is 0 Å². The molecule has 0 aliphatic rings. The Kier molecular flexibility index (Phi) is 0.931. The van der Waals surface area contributed by atoms with Crippen LogP contribution in [-0.2, 0) is 0 Å². The van der Waals surface area contributed by atoms with Crippen molar-refractivity contribution < 1.29 is 4.11 Å². The third-order valence-corrected chi connectivity index (χ3v) is 1.22. The van der Waals surface area contributed by atoms with Gasteiger partial charge in [-0.05, 0) is 40.5 Å². The molecule has 3 heteroatoms. The number of hydrogen-bond donors (Lipinski definition) is 1. The maximum absolute atomic E-state index is 7.10. The number of hydrogen-bond acceptors (Lipinski definition) is 2. The molecule has 0 fully saturated rings.